The molecule has 7 heteroatoms. The zero-order valence-corrected chi connectivity index (χ0v) is 10.3. The number of rotatable bonds is 2. The monoisotopic (exact) mass is 253 g/mol. The molecule has 0 aromatic carbocycles. The molecule has 1 unspecified atom stereocenters. The van der Waals surface area contributed by atoms with Crippen molar-refractivity contribution in [3.63, 3.8) is 0 Å². The number of fused-ring (bicyclic) bond motifs is 1. The van der Waals surface area contributed by atoms with Crippen molar-refractivity contribution >= 4 is 22.4 Å². The van der Waals surface area contributed by atoms with Gasteiger partial charge in [-0.2, -0.15) is 0 Å². The summed E-state index contributed by atoms with van der Waals surface area (Å²) in [5.74, 6) is 0.310. The summed E-state index contributed by atoms with van der Waals surface area (Å²) in [6.07, 6.45) is 1.69. The second-order valence-corrected chi connectivity index (χ2v) is 5.38. The number of nitrogen functional groups attached to an aromatic ring is 1. The SMILES string of the molecule is Nc1snnc1CN1CCN2C(=O)CCC2C1. The van der Waals surface area contributed by atoms with E-state index in [0.29, 0.717) is 23.4 Å². The maximum Gasteiger partial charge on any atom is 0.222 e. The highest BCUT2D eigenvalue weighted by atomic mass is 32.1. The van der Waals surface area contributed by atoms with Gasteiger partial charge in [0.05, 0.1) is 0 Å². The van der Waals surface area contributed by atoms with E-state index in [-0.39, 0.29) is 0 Å². The van der Waals surface area contributed by atoms with Crippen LogP contribution in [-0.4, -0.2) is 51.0 Å². The van der Waals surface area contributed by atoms with Crippen LogP contribution in [0.1, 0.15) is 18.5 Å². The summed E-state index contributed by atoms with van der Waals surface area (Å²) in [6, 6.07) is 0.393. The van der Waals surface area contributed by atoms with E-state index in [9.17, 15) is 4.79 Å². The molecule has 0 aliphatic carbocycles. The molecule has 2 aliphatic heterocycles. The zero-order chi connectivity index (χ0) is 11.8. The van der Waals surface area contributed by atoms with Crippen molar-refractivity contribution in [2.45, 2.75) is 25.4 Å². The Morgan fingerprint density at radius 1 is 1.47 bits per heavy atom. The Hall–Kier alpha value is -1.21. The normalized spacial score (nSPS) is 25.3. The van der Waals surface area contributed by atoms with Gasteiger partial charge in [0.25, 0.3) is 0 Å². The standard InChI is InChI=1S/C10H15N5OS/c11-10-8(12-13-17-10)6-14-3-4-15-7(5-14)1-2-9(15)16/h7H,1-6,11H2. The van der Waals surface area contributed by atoms with Crippen LogP contribution in [0, 0.1) is 0 Å². The number of nitrogens with zero attached hydrogens (tertiary/aromatic N) is 4. The lowest BCUT2D eigenvalue weighted by molar-refractivity contribution is -0.130. The Morgan fingerprint density at radius 2 is 2.35 bits per heavy atom. The Labute approximate surface area is 104 Å². The second-order valence-electron chi connectivity index (χ2n) is 4.60. The van der Waals surface area contributed by atoms with Gasteiger partial charge in [0, 0.05) is 50.2 Å². The first-order valence-corrected chi connectivity index (χ1v) is 6.60. The van der Waals surface area contributed by atoms with Gasteiger partial charge in [-0.15, -0.1) is 5.10 Å². The third kappa shape index (κ3) is 2.00. The topological polar surface area (TPSA) is 75.3 Å². The number of hydrogen-bond acceptors (Lipinski definition) is 6. The number of nitrogens with two attached hydrogens (primary N) is 1. The second kappa shape index (κ2) is 4.23. The Bertz CT molecular complexity index is 434. The van der Waals surface area contributed by atoms with Crippen LogP contribution < -0.4 is 5.73 Å². The lowest BCUT2D eigenvalue weighted by Crippen LogP contribution is -2.51. The Balaban J connectivity index is 1.64. The average molecular weight is 253 g/mol. The van der Waals surface area contributed by atoms with Crippen LogP contribution in [0.2, 0.25) is 0 Å². The first kappa shape index (κ1) is 10.9. The molecule has 2 saturated heterocycles. The number of anilines is 1. The highest BCUT2D eigenvalue weighted by Crippen LogP contribution is 2.24. The molecule has 1 amide bonds. The van der Waals surface area contributed by atoms with Crippen LogP contribution in [0.3, 0.4) is 0 Å². The molecule has 2 N–H and O–H groups in total. The van der Waals surface area contributed by atoms with Gasteiger partial charge >= 0.3 is 0 Å². The van der Waals surface area contributed by atoms with Gasteiger partial charge in [-0.1, -0.05) is 4.49 Å². The van der Waals surface area contributed by atoms with Crippen molar-refractivity contribution in [3.05, 3.63) is 5.69 Å². The molecule has 92 valence electrons. The van der Waals surface area contributed by atoms with Gasteiger partial charge in [0.2, 0.25) is 5.91 Å². The van der Waals surface area contributed by atoms with Gasteiger partial charge in [-0.05, 0) is 6.42 Å². The van der Waals surface area contributed by atoms with Crippen LogP contribution in [-0.2, 0) is 11.3 Å². The smallest absolute Gasteiger partial charge is 0.222 e. The van der Waals surface area contributed by atoms with Crippen molar-refractivity contribution in [2.75, 3.05) is 25.4 Å². The number of amides is 1. The largest absolute Gasteiger partial charge is 0.388 e. The Kier molecular flexibility index (Phi) is 2.71. The van der Waals surface area contributed by atoms with Crippen LogP contribution in [0.5, 0.6) is 0 Å². The average Bonchev–Trinajstić information content (AvgIpc) is 2.87. The number of carbonyl (C=O) groups is 1. The summed E-state index contributed by atoms with van der Waals surface area (Å²) in [6.45, 7) is 3.42. The molecular weight excluding hydrogens is 238 g/mol. The number of hydrogen-bond donors (Lipinski definition) is 1. The number of carbonyl (C=O) groups excluding carboxylic acids is 1. The van der Waals surface area contributed by atoms with Crippen molar-refractivity contribution in [1.82, 2.24) is 19.4 Å². The minimum absolute atomic E-state index is 0.310. The van der Waals surface area contributed by atoms with Crippen molar-refractivity contribution in [1.29, 1.82) is 0 Å². The highest BCUT2D eigenvalue weighted by molar-refractivity contribution is 7.09. The number of aromatic nitrogens is 2. The van der Waals surface area contributed by atoms with E-state index in [1.165, 1.54) is 11.5 Å². The van der Waals surface area contributed by atoms with E-state index in [4.69, 9.17) is 5.73 Å². The Morgan fingerprint density at radius 3 is 3.12 bits per heavy atom. The summed E-state index contributed by atoms with van der Waals surface area (Å²) in [7, 11) is 0. The minimum atomic E-state index is 0.310. The molecule has 1 aromatic rings. The fourth-order valence-electron chi connectivity index (χ4n) is 2.61. The molecule has 1 atom stereocenters. The lowest BCUT2D eigenvalue weighted by atomic mass is 10.1. The van der Waals surface area contributed by atoms with Gasteiger partial charge in [-0.3, -0.25) is 9.69 Å². The molecule has 0 bridgehead atoms. The lowest BCUT2D eigenvalue weighted by Gasteiger charge is -2.37. The van der Waals surface area contributed by atoms with Gasteiger partial charge < -0.3 is 10.6 Å². The minimum Gasteiger partial charge on any atom is -0.388 e. The quantitative estimate of drug-likeness (QED) is 0.798. The molecule has 0 spiro atoms. The fraction of sp³-hybridized carbons (Fsp3) is 0.700. The number of piperazine rings is 1. The molecule has 6 nitrogen and oxygen atoms in total. The first-order valence-electron chi connectivity index (χ1n) is 5.82. The maximum absolute atomic E-state index is 11.6. The molecule has 0 saturated carbocycles. The van der Waals surface area contributed by atoms with Crippen LogP contribution in [0.15, 0.2) is 0 Å². The summed E-state index contributed by atoms with van der Waals surface area (Å²) < 4.78 is 3.84. The third-order valence-electron chi connectivity index (χ3n) is 3.54. The van der Waals surface area contributed by atoms with E-state index in [2.05, 4.69) is 14.5 Å². The molecule has 3 heterocycles. The van der Waals surface area contributed by atoms with Gasteiger partial charge in [-0.25, -0.2) is 0 Å². The first-order chi connectivity index (χ1) is 8.24. The molecular formula is C10H15N5OS. The highest BCUT2D eigenvalue weighted by Gasteiger charge is 2.35. The van der Waals surface area contributed by atoms with E-state index >= 15 is 0 Å². The van der Waals surface area contributed by atoms with Crippen molar-refractivity contribution in [3.8, 4) is 0 Å². The molecule has 1 aromatic heterocycles. The predicted molar refractivity (Wildman–Crippen MR) is 64.3 cm³/mol. The van der Waals surface area contributed by atoms with E-state index in [1.807, 2.05) is 4.90 Å². The predicted octanol–water partition coefficient (Wildman–Crippen LogP) is -0.0731. The van der Waals surface area contributed by atoms with E-state index in [1.54, 1.807) is 0 Å². The molecule has 2 aliphatic rings. The fourth-order valence-corrected chi connectivity index (χ4v) is 3.05. The summed E-state index contributed by atoms with van der Waals surface area (Å²) in [5.41, 5.74) is 6.66. The third-order valence-corrected chi connectivity index (χ3v) is 4.13. The van der Waals surface area contributed by atoms with Gasteiger partial charge in [0.1, 0.15) is 10.7 Å². The summed E-state index contributed by atoms with van der Waals surface area (Å²) in [4.78, 5) is 15.9. The molecule has 0 radical (unpaired) electrons. The molecule has 3 rings (SSSR count). The van der Waals surface area contributed by atoms with E-state index in [0.717, 1.165) is 38.3 Å². The molecule has 2 fully saturated rings. The van der Waals surface area contributed by atoms with Crippen molar-refractivity contribution in [2.24, 2.45) is 0 Å². The van der Waals surface area contributed by atoms with Crippen LogP contribution in [0.4, 0.5) is 5.00 Å². The zero-order valence-electron chi connectivity index (χ0n) is 9.50. The maximum atomic E-state index is 11.6. The van der Waals surface area contributed by atoms with Crippen molar-refractivity contribution < 1.29 is 4.79 Å². The summed E-state index contributed by atoms with van der Waals surface area (Å²) >= 11 is 1.24. The van der Waals surface area contributed by atoms with Crippen LogP contribution in [0.25, 0.3) is 0 Å². The molecule has 17 heavy (non-hydrogen) atoms. The van der Waals surface area contributed by atoms with Gasteiger partial charge in [0.15, 0.2) is 0 Å². The van der Waals surface area contributed by atoms with Crippen LogP contribution >= 0.6 is 11.5 Å². The summed E-state index contributed by atoms with van der Waals surface area (Å²) in [5, 5.41) is 4.74. The van der Waals surface area contributed by atoms with E-state index < -0.39 is 0 Å².